The van der Waals surface area contributed by atoms with E-state index < -0.39 is 62.6 Å². The Kier molecular flexibility index (Phi) is 18.4. The van der Waals surface area contributed by atoms with Crippen molar-refractivity contribution in [1.82, 2.24) is 21.3 Å². The fraction of sp³-hybridized carbons (Fsp3) is 0.818. The number of halogens is 8. The maximum absolute atomic E-state index is 13.7. The Labute approximate surface area is 247 Å². The van der Waals surface area contributed by atoms with Gasteiger partial charge in [-0.3, -0.25) is 9.59 Å². The van der Waals surface area contributed by atoms with Crippen LogP contribution >= 0.6 is 24.4 Å². The van der Waals surface area contributed by atoms with Crippen LogP contribution in [0.5, 0.6) is 0 Å². The molecular weight excluding hydrogens is 632 g/mol. The maximum atomic E-state index is 13.7. The zero-order valence-electron chi connectivity index (χ0n) is 22.8. The van der Waals surface area contributed by atoms with Crippen LogP contribution in [0, 0.1) is 0 Å². The monoisotopic (exact) mass is 666 g/mol. The topological polar surface area (TPSA) is 119 Å². The molecule has 0 aliphatic heterocycles. The van der Waals surface area contributed by atoms with Gasteiger partial charge in [-0.05, 0) is 25.7 Å². The molecule has 0 heterocycles. The van der Waals surface area contributed by atoms with Crippen LogP contribution in [0.4, 0.5) is 35.1 Å². The molecular formula is C22H34F8N4O6S2. The van der Waals surface area contributed by atoms with E-state index in [0.29, 0.717) is 22.8 Å². The highest BCUT2D eigenvalue weighted by molar-refractivity contribution is 7.80. The Bertz CT molecular complexity index is 807. The molecule has 20 heteroatoms. The molecule has 0 atom stereocenters. The minimum absolute atomic E-state index is 0.0226. The van der Waals surface area contributed by atoms with Crippen molar-refractivity contribution in [3.8, 4) is 0 Å². The Morgan fingerprint density at radius 2 is 0.857 bits per heavy atom. The van der Waals surface area contributed by atoms with Gasteiger partial charge in [0.15, 0.2) is 0 Å². The third kappa shape index (κ3) is 16.0. The highest BCUT2D eigenvalue weighted by Gasteiger charge is 2.69. The summed E-state index contributed by atoms with van der Waals surface area (Å²) in [5, 5.41) is 8.43. The van der Waals surface area contributed by atoms with Crippen LogP contribution in [-0.2, 0) is 28.5 Å². The summed E-state index contributed by atoms with van der Waals surface area (Å²) in [5.74, 6) is -5.20. The highest BCUT2D eigenvalue weighted by atomic mass is 32.1. The minimum atomic E-state index is -6.49. The van der Waals surface area contributed by atoms with Crippen LogP contribution in [0.2, 0.25) is 0 Å². The highest BCUT2D eigenvalue weighted by Crippen LogP contribution is 2.43. The molecule has 4 N–H and O–H groups in total. The predicted octanol–water partition coefficient (Wildman–Crippen LogP) is 3.09. The molecule has 0 saturated heterocycles. The van der Waals surface area contributed by atoms with Crippen LogP contribution in [0.25, 0.3) is 0 Å². The quantitative estimate of drug-likeness (QED) is 0.0737. The van der Waals surface area contributed by atoms with Gasteiger partial charge < -0.3 is 30.7 Å². The van der Waals surface area contributed by atoms with Gasteiger partial charge >= 0.3 is 36.2 Å². The summed E-state index contributed by atoms with van der Waals surface area (Å²) in [6.07, 6.45) is -21.4. The van der Waals surface area contributed by atoms with Crippen molar-refractivity contribution < 1.29 is 63.7 Å². The molecule has 10 nitrogen and oxygen atoms in total. The summed E-state index contributed by atoms with van der Waals surface area (Å²) < 4.78 is 125. The average molecular weight is 667 g/mol. The van der Waals surface area contributed by atoms with Crippen molar-refractivity contribution in [3.63, 3.8) is 0 Å². The van der Waals surface area contributed by atoms with Crippen LogP contribution in [-0.4, -0.2) is 98.8 Å². The fourth-order valence-corrected chi connectivity index (χ4v) is 3.19. The van der Waals surface area contributed by atoms with Crippen molar-refractivity contribution in [2.75, 3.05) is 52.6 Å². The number of ether oxygens (including phenoxy) is 4. The van der Waals surface area contributed by atoms with E-state index in [9.17, 15) is 44.7 Å². The van der Waals surface area contributed by atoms with E-state index in [1.165, 1.54) is 10.6 Å². The predicted molar refractivity (Wildman–Crippen MR) is 141 cm³/mol. The van der Waals surface area contributed by atoms with E-state index in [1.54, 1.807) is 0 Å². The second-order valence-electron chi connectivity index (χ2n) is 8.21. The second kappa shape index (κ2) is 19.3. The average Bonchev–Trinajstić information content (AvgIpc) is 2.86. The molecule has 0 radical (unpaired) electrons. The van der Waals surface area contributed by atoms with Crippen molar-refractivity contribution in [1.29, 1.82) is 0 Å². The first kappa shape index (κ1) is 40.0. The van der Waals surface area contributed by atoms with Crippen molar-refractivity contribution in [2.45, 2.75) is 64.0 Å². The molecule has 0 aromatic rings. The van der Waals surface area contributed by atoms with Gasteiger partial charge in [0.1, 0.15) is 0 Å². The number of nitrogens with one attached hydrogen (secondary N) is 4. The SMILES string of the molecule is CCCC(=S)NCCOCCNC(=O)C(F)(F)OC(F)(F)C(F)(F)OC(F)(F)C(=O)NCCOCCNC(=S)CCC. The first-order valence-electron chi connectivity index (χ1n) is 12.6. The van der Waals surface area contributed by atoms with Gasteiger partial charge in [0.25, 0.3) is 0 Å². The van der Waals surface area contributed by atoms with Gasteiger partial charge in [-0.1, -0.05) is 38.3 Å². The lowest BCUT2D eigenvalue weighted by Gasteiger charge is -2.30. The second-order valence-corrected chi connectivity index (χ2v) is 9.19. The Morgan fingerprint density at radius 1 is 0.571 bits per heavy atom. The van der Waals surface area contributed by atoms with Crippen molar-refractivity contribution in [2.24, 2.45) is 0 Å². The lowest BCUT2D eigenvalue weighted by Crippen LogP contribution is -2.57. The van der Waals surface area contributed by atoms with Gasteiger partial charge in [0.2, 0.25) is 0 Å². The van der Waals surface area contributed by atoms with E-state index >= 15 is 0 Å². The van der Waals surface area contributed by atoms with Crippen LogP contribution in [0.15, 0.2) is 0 Å². The van der Waals surface area contributed by atoms with Gasteiger partial charge in [-0.15, -0.1) is 0 Å². The van der Waals surface area contributed by atoms with Crippen LogP contribution in [0.1, 0.15) is 39.5 Å². The molecule has 246 valence electrons. The first-order valence-corrected chi connectivity index (χ1v) is 13.4. The number of carbonyl (C=O) groups excluding carboxylic acids is 2. The molecule has 42 heavy (non-hydrogen) atoms. The molecule has 0 spiro atoms. The van der Waals surface area contributed by atoms with E-state index in [-0.39, 0.29) is 26.3 Å². The summed E-state index contributed by atoms with van der Waals surface area (Å²) >= 11 is 9.94. The zero-order chi connectivity index (χ0) is 32.5. The number of thiocarbonyl (C=S) groups is 2. The summed E-state index contributed by atoms with van der Waals surface area (Å²) in [5.41, 5.74) is 0. The van der Waals surface area contributed by atoms with E-state index in [1.807, 2.05) is 13.8 Å². The fourth-order valence-electron chi connectivity index (χ4n) is 2.57. The van der Waals surface area contributed by atoms with E-state index in [2.05, 4.69) is 20.1 Å². The first-order chi connectivity index (χ1) is 19.4. The summed E-state index contributed by atoms with van der Waals surface area (Å²) in [6.45, 7) is 2.19. The molecule has 0 rings (SSSR count). The van der Waals surface area contributed by atoms with E-state index in [4.69, 9.17) is 33.9 Å². The number of carbonyl (C=O) groups is 2. The van der Waals surface area contributed by atoms with E-state index in [0.717, 1.165) is 12.8 Å². The molecule has 0 saturated carbocycles. The minimum Gasteiger partial charge on any atom is -0.378 e. The lowest BCUT2D eigenvalue weighted by atomic mass is 10.3. The number of hydrogen-bond donors (Lipinski definition) is 4. The molecule has 0 aliphatic carbocycles. The summed E-state index contributed by atoms with van der Waals surface area (Å²) in [6, 6.07) is 0. The molecule has 2 amide bonds. The zero-order valence-corrected chi connectivity index (χ0v) is 24.4. The summed E-state index contributed by atoms with van der Waals surface area (Å²) in [4.78, 5) is 24.0. The Balaban J connectivity index is 4.64. The number of hydrogen-bond acceptors (Lipinski definition) is 8. The van der Waals surface area contributed by atoms with Gasteiger partial charge in [-0.2, -0.15) is 35.1 Å². The maximum Gasteiger partial charge on any atom is 0.453 e. The molecule has 0 aromatic carbocycles. The molecule has 0 aliphatic rings. The molecule has 0 aromatic heterocycles. The smallest absolute Gasteiger partial charge is 0.378 e. The van der Waals surface area contributed by atoms with Crippen molar-refractivity contribution in [3.05, 3.63) is 0 Å². The molecule has 0 bridgehead atoms. The number of rotatable bonds is 23. The van der Waals surface area contributed by atoms with Crippen LogP contribution in [0.3, 0.4) is 0 Å². The number of alkyl halides is 8. The standard InChI is InChI=1S/C22H34F8N4O6S2/c1-3-5-15(41)31-7-11-37-13-9-33-17(35)19(23,24)39-21(27,28)22(29,30)40-20(25,26)18(36)34-10-14-38-12-8-32-16(42)6-4-2/h3-14H2,1-2H3,(H,31,41)(H,32,42)(H,33,35)(H,34,36). The molecule has 0 fully saturated rings. The molecule has 0 unspecified atom stereocenters. The third-order valence-electron chi connectivity index (χ3n) is 4.54. The van der Waals surface area contributed by atoms with Crippen molar-refractivity contribution >= 4 is 46.2 Å². The van der Waals surface area contributed by atoms with Gasteiger partial charge in [0, 0.05) is 26.2 Å². The third-order valence-corrected chi connectivity index (χ3v) is 5.23. The number of amides is 2. The van der Waals surface area contributed by atoms with Gasteiger partial charge in [-0.25, -0.2) is 9.47 Å². The van der Waals surface area contributed by atoms with Gasteiger partial charge in [0.05, 0.1) is 36.4 Å². The normalized spacial score (nSPS) is 12.5. The van der Waals surface area contributed by atoms with Crippen LogP contribution < -0.4 is 21.3 Å². The Hall–Kier alpha value is -2.00. The lowest BCUT2D eigenvalue weighted by molar-refractivity contribution is -0.499. The summed E-state index contributed by atoms with van der Waals surface area (Å²) in [7, 11) is 0. The Morgan fingerprint density at radius 3 is 1.14 bits per heavy atom. The largest absolute Gasteiger partial charge is 0.453 e.